The molecule has 0 fully saturated rings. The van der Waals surface area contributed by atoms with Crippen molar-refractivity contribution >= 4 is 11.5 Å². The molecule has 1 radical (unpaired) electrons. The van der Waals surface area contributed by atoms with E-state index in [0.29, 0.717) is 5.92 Å². The molecule has 28 heavy (non-hydrogen) atoms. The molecular weight excluding hydrogens is 350 g/mol. The lowest BCUT2D eigenvalue weighted by molar-refractivity contribution is -0.306. The molecule has 3 N–H and O–H groups in total. The van der Waals surface area contributed by atoms with Crippen molar-refractivity contribution in [2.24, 2.45) is 5.92 Å². The van der Waals surface area contributed by atoms with Gasteiger partial charge in [0, 0.05) is 26.1 Å². The second-order valence-electron chi connectivity index (χ2n) is 8.52. The van der Waals surface area contributed by atoms with Crippen LogP contribution >= 0.6 is 0 Å². The number of fused-ring (bicyclic) bond motifs is 1. The van der Waals surface area contributed by atoms with E-state index in [2.05, 4.69) is 29.2 Å². The topological polar surface area (TPSA) is 72.6 Å². The highest BCUT2D eigenvalue weighted by atomic mass is 17.1. The van der Waals surface area contributed by atoms with Crippen LogP contribution in [0.2, 0.25) is 0 Å². The quantitative estimate of drug-likeness (QED) is 0.325. The fraction of sp³-hybridized carbons (Fsp3) is 0.333. The molecule has 4 heteroatoms. The fourth-order valence-corrected chi connectivity index (χ4v) is 3.36. The van der Waals surface area contributed by atoms with Crippen LogP contribution < -0.4 is 5.73 Å². The Hall–Kier alpha value is -2.43. The Morgan fingerprint density at radius 1 is 1.14 bits per heavy atom. The van der Waals surface area contributed by atoms with Gasteiger partial charge < -0.3 is 5.73 Å². The van der Waals surface area contributed by atoms with Gasteiger partial charge in [-0.1, -0.05) is 36.4 Å². The molecule has 1 unspecified atom stereocenters. The van der Waals surface area contributed by atoms with Crippen LogP contribution in [-0.4, -0.2) is 16.6 Å². The molecule has 0 bridgehead atoms. The highest BCUT2D eigenvalue weighted by molar-refractivity contribution is 6.13. The van der Waals surface area contributed by atoms with E-state index in [9.17, 15) is 4.79 Å². The SMILES string of the molecule is CC(C)(C)OO.Nc1ccc2c(c1)CC(Cc1ccc(C(=O)C3=C[CH]3)cc1)C2.[HH].[HH]. The summed E-state index contributed by atoms with van der Waals surface area (Å²) >= 11 is 0. The van der Waals surface area contributed by atoms with Gasteiger partial charge in [-0.15, -0.1) is 0 Å². The molecule has 0 aliphatic heterocycles. The molecule has 2 aromatic rings. The summed E-state index contributed by atoms with van der Waals surface area (Å²) in [5.41, 5.74) is 12.1. The minimum Gasteiger partial charge on any atom is -0.399 e. The molecule has 0 saturated carbocycles. The third-order valence-corrected chi connectivity index (χ3v) is 4.86. The third-order valence-electron chi connectivity index (χ3n) is 4.86. The maximum atomic E-state index is 11.9. The van der Waals surface area contributed by atoms with E-state index in [0.717, 1.165) is 36.1 Å². The fourth-order valence-electron chi connectivity index (χ4n) is 3.36. The summed E-state index contributed by atoms with van der Waals surface area (Å²) in [5.74, 6) is 0.771. The molecule has 0 saturated heterocycles. The Morgan fingerprint density at radius 2 is 1.75 bits per heavy atom. The first-order valence-corrected chi connectivity index (χ1v) is 9.63. The van der Waals surface area contributed by atoms with Gasteiger partial charge in [0.25, 0.3) is 0 Å². The summed E-state index contributed by atoms with van der Waals surface area (Å²) in [6, 6.07) is 14.3. The molecule has 2 aliphatic rings. The van der Waals surface area contributed by atoms with E-state index >= 15 is 0 Å². The lowest BCUT2D eigenvalue weighted by Gasteiger charge is -2.10. The van der Waals surface area contributed by atoms with Gasteiger partial charge in [0.1, 0.15) is 0 Å². The lowest BCUT2D eigenvalue weighted by Crippen LogP contribution is -2.15. The van der Waals surface area contributed by atoms with Crippen LogP contribution in [0.15, 0.2) is 54.1 Å². The third kappa shape index (κ3) is 5.54. The number of carbonyl (C=O) groups excluding carboxylic acids is 1. The molecule has 151 valence electrons. The largest absolute Gasteiger partial charge is 0.399 e. The highest BCUT2D eigenvalue weighted by Gasteiger charge is 2.22. The molecule has 2 aromatic carbocycles. The number of carbonyl (C=O) groups is 1. The standard InChI is InChI=1S/C20H18NO.C4H10O2.2H2/c21-19-8-7-17-10-14(11-18(17)12-19)9-13-1-3-15(4-2-13)20(22)16-5-6-16;1-4(2,3)6-5;;/h1-8,12,14H,9-11,21H2;5H,1-3H3;2*1H. The Kier molecular flexibility index (Phi) is 6.01. The number of allylic oxidation sites excluding steroid dienone is 2. The van der Waals surface area contributed by atoms with Crippen LogP contribution in [0, 0.1) is 12.3 Å². The van der Waals surface area contributed by atoms with Crippen molar-refractivity contribution < 1.29 is 17.8 Å². The van der Waals surface area contributed by atoms with Gasteiger partial charge in [-0.2, -0.15) is 0 Å². The van der Waals surface area contributed by atoms with Crippen LogP contribution in [0.5, 0.6) is 0 Å². The smallest absolute Gasteiger partial charge is 0.189 e. The van der Waals surface area contributed by atoms with Crippen molar-refractivity contribution in [1.82, 2.24) is 0 Å². The van der Waals surface area contributed by atoms with Gasteiger partial charge in [0.05, 0.1) is 5.60 Å². The Balaban J connectivity index is 0.000000500. The minimum absolute atomic E-state index is 0. The summed E-state index contributed by atoms with van der Waals surface area (Å²) < 4.78 is 0. The summed E-state index contributed by atoms with van der Waals surface area (Å²) in [6.07, 6.45) is 6.99. The van der Waals surface area contributed by atoms with Crippen LogP contribution in [0.25, 0.3) is 0 Å². The predicted octanol–water partition coefficient (Wildman–Crippen LogP) is 5.32. The molecule has 0 amide bonds. The number of anilines is 1. The first-order chi connectivity index (χ1) is 13.2. The van der Waals surface area contributed by atoms with Gasteiger partial charge >= 0.3 is 0 Å². The molecule has 4 nitrogen and oxygen atoms in total. The highest BCUT2D eigenvalue weighted by Crippen LogP contribution is 2.31. The van der Waals surface area contributed by atoms with E-state index in [1.165, 1.54) is 16.7 Å². The van der Waals surface area contributed by atoms with Gasteiger partial charge in [-0.25, -0.2) is 4.89 Å². The lowest BCUT2D eigenvalue weighted by atomic mass is 9.95. The zero-order valence-electron chi connectivity index (χ0n) is 16.7. The van der Waals surface area contributed by atoms with Crippen molar-refractivity contribution in [2.45, 2.75) is 45.6 Å². The van der Waals surface area contributed by atoms with E-state index in [-0.39, 0.29) is 8.64 Å². The minimum atomic E-state index is -0.403. The van der Waals surface area contributed by atoms with Crippen molar-refractivity contribution in [3.8, 4) is 0 Å². The zero-order valence-corrected chi connectivity index (χ0v) is 16.7. The number of hydrogen-bond acceptors (Lipinski definition) is 4. The Labute approximate surface area is 169 Å². The van der Waals surface area contributed by atoms with Gasteiger partial charge in [0.2, 0.25) is 0 Å². The van der Waals surface area contributed by atoms with Crippen LogP contribution in [-0.2, 0) is 24.2 Å². The normalized spacial score (nSPS) is 17.3. The second-order valence-corrected chi connectivity index (χ2v) is 8.52. The van der Waals surface area contributed by atoms with Crippen LogP contribution in [0.4, 0.5) is 5.69 Å². The second kappa shape index (κ2) is 8.29. The summed E-state index contributed by atoms with van der Waals surface area (Å²) in [6.45, 7) is 5.31. The number of Topliss-reactive ketones (excluding diaryl/α,β-unsaturated/α-hetero) is 1. The maximum absolute atomic E-state index is 11.9. The Morgan fingerprint density at radius 3 is 2.32 bits per heavy atom. The van der Waals surface area contributed by atoms with Crippen LogP contribution in [0.1, 0.15) is 50.7 Å². The zero-order chi connectivity index (χ0) is 20.3. The first-order valence-electron chi connectivity index (χ1n) is 9.63. The molecular formula is C24H32NO3. The van der Waals surface area contributed by atoms with Gasteiger partial charge in [-0.05, 0) is 74.8 Å². The summed E-state index contributed by atoms with van der Waals surface area (Å²) in [7, 11) is 0. The van der Waals surface area contributed by atoms with Crippen LogP contribution in [0.3, 0.4) is 0 Å². The van der Waals surface area contributed by atoms with Crippen molar-refractivity contribution in [1.29, 1.82) is 0 Å². The molecule has 4 rings (SSSR count). The van der Waals surface area contributed by atoms with E-state index in [1.807, 2.05) is 30.7 Å². The number of ketones is 1. The molecule has 0 spiro atoms. The number of nitrogen functional groups attached to an aromatic ring is 1. The average molecular weight is 383 g/mol. The Bertz CT molecular complexity index is 886. The van der Waals surface area contributed by atoms with Crippen molar-refractivity contribution in [2.75, 3.05) is 5.73 Å². The molecule has 0 heterocycles. The number of nitrogens with two attached hydrogens (primary N) is 1. The molecule has 1 atom stereocenters. The van der Waals surface area contributed by atoms with Crippen molar-refractivity contribution in [3.05, 3.63) is 82.8 Å². The molecule has 2 aliphatic carbocycles. The first kappa shape index (κ1) is 20.3. The number of benzene rings is 2. The monoisotopic (exact) mass is 382 g/mol. The van der Waals surface area contributed by atoms with E-state index in [1.54, 1.807) is 20.8 Å². The predicted molar refractivity (Wildman–Crippen MR) is 116 cm³/mol. The molecule has 0 aromatic heterocycles. The number of hydrogen-bond donors (Lipinski definition) is 2. The van der Waals surface area contributed by atoms with Gasteiger partial charge in [-0.3, -0.25) is 10.1 Å². The summed E-state index contributed by atoms with van der Waals surface area (Å²) in [5, 5.41) is 7.90. The van der Waals surface area contributed by atoms with E-state index in [4.69, 9.17) is 11.0 Å². The summed E-state index contributed by atoms with van der Waals surface area (Å²) in [4.78, 5) is 15.9. The average Bonchev–Trinajstić information content (AvgIpc) is 3.43. The number of rotatable bonds is 4. The van der Waals surface area contributed by atoms with E-state index < -0.39 is 5.60 Å². The van der Waals surface area contributed by atoms with Gasteiger partial charge in [0.15, 0.2) is 5.78 Å². The van der Waals surface area contributed by atoms with Crippen molar-refractivity contribution in [3.63, 3.8) is 0 Å². The maximum Gasteiger partial charge on any atom is 0.189 e.